The summed E-state index contributed by atoms with van der Waals surface area (Å²) in [5, 5.41) is 17.9. The van der Waals surface area contributed by atoms with E-state index in [9.17, 15) is 9.90 Å². The third-order valence-corrected chi connectivity index (χ3v) is 4.81. The summed E-state index contributed by atoms with van der Waals surface area (Å²) in [4.78, 5) is 13.2. The number of hydrogen-bond acceptors (Lipinski definition) is 3. The van der Waals surface area contributed by atoms with Gasteiger partial charge in [-0.1, -0.05) is 12.1 Å². The molecule has 4 heteroatoms. The fourth-order valence-corrected chi connectivity index (χ4v) is 3.50. The first-order valence-corrected chi connectivity index (χ1v) is 8.52. The van der Waals surface area contributed by atoms with Crippen molar-refractivity contribution in [1.29, 1.82) is 0 Å². The van der Waals surface area contributed by atoms with Gasteiger partial charge in [-0.3, -0.25) is 4.79 Å². The fraction of sp³-hybridized carbons (Fsp3) is 0.389. The molecular weight excluding hydrogens is 296 g/mol. The van der Waals surface area contributed by atoms with Crippen LogP contribution in [0, 0.1) is 0 Å². The number of rotatable bonds is 9. The molecule has 2 N–H and O–H groups in total. The van der Waals surface area contributed by atoms with Crippen LogP contribution < -0.4 is 0 Å². The van der Waals surface area contributed by atoms with Crippen LogP contribution in [-0.4, -0.2) is 16.2 Å². The van der Waals surface area contributed by atoms with Gasteiger partial charge in [-0.05, 0) is 68.4 Å². The predicted molar refractivity (Wildman–Crippen MR) is 89.6 cm³/mol. The lowest BCUT2D eigenvalue weighted by Crippen LogP contribution is -1.94. The van der Waals surface area contributed by atoms with Crippen LogP contribution in [0.3, 0.4) is 0 Å². The van der Waals surface area contributed by atoms with E-state index < -0.39 is 5.97 Å². The summed E-state index contributed by atoms with van der Waals surface area (Å²) in [5.74, 6) is -0.393. The van der Waals surface area contributed by atoms with Crippen LogP contribution in [0.1, 0.15) is 41.0 Å². The summed E-state index contributed by atoms with van der Waals surface area (Å²) in [6.45, 7) is 0. The van der Waals surface area contributed by atoms with Gasteiger partial charge in [0, 0.05) is 16.2 Å². The van der Waals surface area contributed by atoms with E-state index in [1.54, 1.807) is 12.1 Å². The summed E-state index contributed by atoms with van der Waals surface area (Å²) in [6, 6.07) is 11.8. The number of aliphatic carboxylic acids is 1. The first-order chi connectivity index (χ1) is 10.6. The number of phenols is 1. The van der Waals surface area contributed by atoms with Crippen LogP contribution in [0.15, 0.2) is 36.4 Å². The quantitative estimate of drug-likeness (QED) is 0.673. The fourth-order valence-electron chi connectivity index (χ4n) is 2.40. The number of carboxylic acids is 1. The maximum atomic E-state index is 10.5. The molecule has 118 valence electrons. The molecule has 0 unspecified atom stereocenters. The lowest BCUT2D eigenvalue weighted by molar-refractivity contribution is -0.137. The number of phenolic OH excluding ortho intramolecular Hbond substituents is 1. The van der Waals surface area contributed by atoms with Gasteiger partial charge in [0.2, 0.25) is 0 Å². The summed E-state index contributed by atoms with van der Waals surface area (Å²) in [5.41, 5.74) is 1.25. The Balaban J connectivity index is 1.68. The Bertz CT molecular complexity index is 587. The molecule has 1 aromatic heterocycles. The van der Waals surface area contributed by atoms with Crippen molar-refractivity contribution in [2.75, 3.05) is 0 Å². The van der Waals surface area contributed by atoms with E-state index in [2.05, 4.69) is 12.1 Å². The van der Waals surface area contributed by atoms with E-state index in [-0.39, 0.29) is 6.42 Å². The molecule has 2 rings (SSSR count). The average molecular weight is 318 g/mol. The van der Waals surface area contributed by atoms with Gasteiger partial charge in [0.15, 0.2) is 0 Å². The Morgan fingerprint density at radius 3 is 2.14 bits per heavy atom. The predicted octanol–water partition coefficient (Wildman–Crippen LogP) is 4.43. The van der Waals surface area contributed by atoms with E-state index in [0.717, 1.165) is 38.5 Å². The molecule has 0 spiro atoms. The van der Waals surface area contributed by atoms with E-state index in [4.69, 9.17) is 5.11 Å². The molecule has 0 saturated carbocycles. The second-order valence-corrected chi connectivity index (χ2v) is 6.74. The van der Waals surface area contributed by atoms with Crippen molar-refractivity contribution in [3.63, 3.8) is 0 Å². The van der Waals surface area contributed by atoms with Gasteiger partial charge in [-0.25, -0.2) is 0 Å². The molecule has 0 saturated heterocycles. The molecular formula is C18H22O3S. The molecule has 1 heterocycles. The topological polar surface area (TPSA) is 57.5 Å². The van der Waals surface area contributed by atoms with E-state index >= 15 is 0 Å². The molecule has 0 aliphatic rings. The lowest BCUT2D eigenvalue weighted by Gasteiger charge is -2.01. The number of carbonyl (C=O) groups is 1. The highest BCUT2D eigenvalue weighted by atomic mass is 32.1. The highest BCUT2D eigenvalue weighted by Crippen LogP contribution is 2.21. The number of benzene rings is 1. The molecule has 0 bridgehead atoms. The third-order valence-electron chi connectivity index (χ3n) is 3.61. The van der Waals surface area contributed by atoms with E-state index in [0.29, 0.717) is 5.75 Å². The summed E-state index contributed by atoms with van der Waals surface area (Å²) >= 11 is 1.84. The van der Waals surface area contributed by atoms with Crippen molar-refractivity contribution < 1.29 is 15.0 Å². The second-order valence-electron chi connectivity index (χ2n) is 5.49. The molecule has 22 heavy (non-hydrogen) atoms. The minimum absolute atomic E-state index is 0.269. The van der Waals surface area contributed by atoms with E-state index in [1.807, 2.05) is 23.5 Å². The normalized spacial score (nSPS) is 10.7. The van der Waals surface area contributed by atoms with Gasteiger partial charge in [-0.15, -0.1) is 11.3 Å². The van der Waals surface area contributed by atoms with Gasteiger partial charge in [0.1, 0.15) is 5.75 Å². The molecule has 1 aromatic carbocycles. The highest BCUT2D eigenvalue weighted by molar-refractivity contribution is 7.11. The zero-order chi connectivity index (χ0) is 15.8. The van der Waals surface area contributed by atoms with Crippen molar-refractivity contribution in [2.45, 2.75) is 44.9 Å². The smallest absolute Gasteiger partial charge is 0.303 e. The number of hydrogen-bond donors (Lipinski definition) is 2. The summed E-state index contributed by atoms with van der Waals surface area (Å²) in [7, 11) is 0. The molecule has 0 radical (unpaired) electrons. The van der Waals surface area contributed by atoms with Crippen LogP contribution in [0.5, 0.6) is 5.75 Å². The Hall–Kier alpha value is -1.81. The number of aryl methyl sites for hydroxylation is 3. The van der Waals surface area contributed by atoms with Crippen LogP contribution >= 0.6 is 11.3 Å². The third kappa shape index (κ3) is 5.90. The number of unbranched alkanes of at least 4 members (excludes halogenated alkanes) is 1. The molecule has 2 aromatic rings. The Labute approximate surface area is 135 Å². The number of carboxylic acid groups (broad SMARTS) is 1. The Kier molecular flexibility index (Phi) is 6.46. The van der Waals surface area contributed by atoms with Gasteiger partial charge < -0.3 is 10.2 Å². The number of aromatic hydroxyl groups is 1. The maximum absolute atomic E-state index is 10.5. The first kappa shape index (κ1) is 16.6. The van der Waals surface area contributed by atoms with Gasteiger partial charge >= 0.3 is 5.97 Å². The molecule has 0 amide bonds. The van der Waals surface area contributed by atoms with Gasteiger partial charge in [-0.2, -0.15) is 0 Å². The van der Waals surface area contributed by atoms with Crippen molar-refractivity contribution >= 4 is 17.3 Å². The average Bonchev–Trinajstić information content (AvgIpc) is 2.93. The second kappa shape index (κ2) is 8.59. The zero-order valence-corrected chi connectivity index (χ0v) is 13.4. The monoisotopic (exact) mass is 318 g/mol. The summed E-state index contributed by atoms with van der Waals surface area (Å²) < 4.78 is 0. The molecule has 3 nitrogen and oxygen atoms in total. The summed E-state index contributed by atoms with van der Waals surface area (Å²) in [6.07, 6.45) is 6.14. The van der Waals surface area contributed by atoms with Gasteiger partial charge in [0.05, 0.1) is 0 Å². The van der Waals surface area contributed by atoms with Crippen molar-refractivity contribution in [2.24, 2.45) is 0 Å². The van der Waals surface area contributed by atoms with Crippen LogP contribution in [0.2, 0.25) is 0 Å². The Morgan fingerprint density at radius 1 is 0.864 bits per heavy atom. The van der Waals surface area contributed by atoms with Crippen molar-refractivity contribution in [3.8, 4) is 5.75 Å². The number of thiophene rings is 1. The van der Waals surface area contributed by atoms with Crippen molar-refractivity contribution in [1.82, 2.24) is 0 Å². The minimum atomic E-state index is -0.707. The van der Waals surface area contributed by atoms with Gasteiger partial charge in [0.25, 0.3) is 0 Å². The first-order valence-electron chi connectivity index (χ1n) is 7.71. The largest absolute Gasteiger partial charge is 0.508 e. The van der Waals surface area contributed by atoms with Crippen molar-refractivity contribution in [3.05, 3.63) is 51.7 Å². The van der Waals surface area contributed by atoms with Crippen LogP contribution in [0.4, 0.5) is 0 Å². The molecule has 0 fully saturated rings. The molecule has 0 aliphatic carbocycles. The standard InChI is InChI=1S/C18H22O3S/c19-15-10-8-14(9-11-15)4-3-6-17-13-12-16(22-17)5-1-2-7-18(20)21/h8-13,19H,1-7H2,(H,20,21). The zero-order valence-electron chi connectivity index (χ0n) is 12.6. The SMILES string of the molecule is O=C(O)CCCCc1ccc(CCCc2ccc(O)cc2)s1. The lowest BCUT2D eigenvalue weighted by atomic mass is 10.1. The molecule has 0 atom stereocenters. The Morgan fingerprint density at radius 2 is 1.50 bits per heavy atom. The minimum Gasteiger partial charge on any atom is -0.508 e. The van der Waals surface area contributed by atoms with Crippen LogP contribution in [-0.2, 0) is 24.1 Å². The highest BCUT2D eigenvalue weighted by Gasteiger charge is 2.03. The van der Waals surface area contributed by atoms with E-state index in [1.165, 1.54) is 15.3 Å². The maximum Gasteiger partial charge on any atom is 0.303 e. The molecule has 0 aliphatic heterocycles. The van der Waals surface area contributed by atoms with Crippen LogP contribution in [0.25, 0.3) is 0 Å².